The summed E-state index contributed by atoms with van der Waals surface area (Å²) in [6, 6.07) is 0. The van der Waals surface area contributed by atoms with Gasteiger partial charge in [-0.15, -0.1) is 0 Å². The van der Waals surface area contributed by atoms with Gasteiger partial charge in [-0.3, -0.25) is 9.59 Å². The Morgan fingerprint density at radius 1 is 0.397 bits per heavy atom. The number of hydrogen-bond acceptors (Lipinski definition) is 8. The van der Waals surface area contributed by atoms with Crippen LogP contribution in [0.5, 0.6) is 0 Å². The zero-order chi connectivity index (χ0) is 53.4. The molecule has 0 aliphatic heterocycles. The Morgan fingerprint density at radius 3 is 1.01 bits per heavy atom. The quantitative estimate of drug-likeness (QED) is 0.0195. The van der Waals surface area contributed by atoms with Crippen molar-refractivity contribution in [2.45, 2.75) is 334 Å². The maximum atomic E-state index is 12.9. The first-order valence-corrected chi connectivity index (χ1v) is 31.8. The van der Waals surface area contributed by atoms with Crippen molar-refractivity contribution < 1.29 is 42.9 Å². The summed E-state index contributed by atoms with van der Waals surface area (Å²) in [4.78, 5) is 37.4. The highest BCUT2D eigenvalue weighted by Gasteiger charge is 2.22. The number of aliphatic carboxylic acids is 1. The van der Waals surface area contributed by atoms with Gasteiger partial charge in [0.1, 0.15) is 13.2 Å². The van der Waals surface area contributed by atoms with Crippen LogP contribution in [0.2, 0.25) is 0 Å². The van der Waals surface area contributed by atoms with Gasteiger partial charge in [0.15, 0.2) is 12.4 Å². The standard InChI is InChI=1S/C64H123NO8/c1-6-8-10-12-14-16-18-20-22-24-26-28-30-31-33-34-36-38-40-42-44-46-48-50-52-54-61(66)71-58-60(59-72-64(63(68)69)70-57-56-65(3,4)5)73-62(67)55-53-51-49-47-45-43-41-39-37-35-32-29-27-25-23-21-19-17-15-13-11-9-7-2/h25,27,60,64H,6-24,26,28-59H2,1-5H3/b27-25-. The predicted molar refractivity (Wildman–Crippen MR) is 307 cm³/mol. The Hall–Kier alpha value is -1.97. The lowest BCUT2D eigenvalue weighted by atomic mass is 10.0. The molecule has 0 aromatic carbocycles. The van der Waals surface area contributed by atoms with Crippen LogP contribution in [0.25, 0.3) is 0 Å². The summed E-state index contributed by atoms with van der Waals surface area (Å²) in [7, 11) is 5.94. The second-order valence-electron chi connectivity index (χ2n) is 23.1. The first-order chi connectivity index (χ1) is 35.6. The minimum absolute atomic E-state index is 0.152. The van der Waals surface area contributed by atoms with Gasteiger partial charge < -0.3 is 33.3 Å². The number of unbranched alkanes of at least 4 members (excludes halogenated alkanes) is 43. The van der Waals surface area contributed by atoms with Crippen LogP contribution < -0.4 is 5.11 Å². The molecule has 0 spiro atoms. The fourth-order valence-electron chi connectivity index (χ4n) is 9.59. The first-order valence-electron chi connectivity index (χ1n) is 31.8. The van der Waals surface area contributed by atoms with Gasteiger partial charge in [-0.05, 0) is 38.5 Å². The normalized spacial score (nSPS) is 12.7. The molecule has 2 atom stereocenters. The van der Waals surface area contributed by atoms with Crippen LogP contribution in [0.1, 0.15) is 322 Å². The fourth-order valence-corrected chi connectivity index (χ4v) is 9.59. The van der Waals surface area contributed by atoms with Crippen molar-refractivity contribution in [1.82, 2.24) is 0 Å². The van der Waals surface area contributed by atoms with Gasteiger partial charge in [0.05, 0.1) is 40.3 Å². The molecule has 0 amide bonds. The molecular weight excluding hydrogens is 911 g/mol. The summed E-state index contributed by atoms with van der Waals surface area (Å²) >= 11 is 0. The molecule has 432 valence electrons. The molecule has 2 unspecified atom stereocenters. The van der Waals surface area contributed by atoms with E-state index in [2.05, 4.69) is 26.0 Å². The molecule has 0 aliphatic carbocycles. The molecule has 9 heteroatoms. The molecule has 0 fully saturated rings. The topological polar surface area (TPSA) is 111 Å². The maximum absolute atomic E-state index is 12.9. The van der Waals surface area contributed by atoms with Gasteiger partial charge in [0.25, 0.3) is 0 Å². The van der Waals surface area contributed by atoms with E-state index in [0.29, 0.717) is 17.4 Å². The van der Waals surface area contributed by atoms with Crippen LogP contribution in [-0.2, 0) is 33.3 Å². The van der Waals surface area contributed by atoms with E-state index in [1.54, 1.807) is 0 Å². The monoisotopic (exact) mass is 1030 g/mol. The third kappa shape index (κ3) is 57.6. The Kier molecular flexibility index (Phi) is 54.7. The van der Waals surface area contributed by atoms with E-state index in [1.165, 1.54) is 257 Å². The van der Waals surface area contributed by atoms with Crippen molar-refractivity contribution in [3.05, 3.63) is 12.2 Å². The largest absolute Gasteiger partial charge is 0.545 e. The summed E-state index contributed by atoms with van der Waals surface area (Å²) < 4.78 is 22.8. The molecule has 0 N–H and O–H groups in total. The zero-order valence-electron chi connectivity index (χ0n) is 49.3. The van der Waals surface area contributed by atoms with Crippen LogP contribution in [0, 0.1) is 0 Å². The molecule has 0 aromatic heterocycles. The summed E-state index contributed by atoms with van der Waals surface area (Å²) in [5.41, 5.74) is 0. The van der Waals surface area contributed by atoms with Gasteiger partial charge in [0, 0.05) is 12.8 Å². The van der Waals surface area contributed by atoms with Crippen LogP contribution in [0.4, 0.5) is 0 Å². The lowest BCUT2D eigenvalue weighted by molar-refractivity contribution is -0.870. The number of ether oxygens (including phenoxy) is 4. The van der Waals surface area contributed by atoms with E-state index < -0.39 is 24.3 Å². The van der Waals surface area contributed by atoms with Crippen LogP contribution in [0.3, 0.4) is 0 Å². The van der Waals surface area contributed by atoms with Gasteiger partial charge in [-0.1, -0.05) is 283 Å². The molecule has 0 heterocycles. The minimum atomic E-state index is -1.62. The van der Waals surface area contributed by atoms with Gasteiger partial charge in [-0.2, -0.15) is 0 Å². The molecule has 0 radical (unpaired) electrons. The Labute approximate surface area is 453 Å². The highest BCUT2D eigenvalue weighted by Crippen LogP contribution is 2.18. The van der Waals surface area contributed by atoms with Crippen molar-refractivity contribution >= 4 is 17.9 Å². The number of carbonyl (C=O) groups is 3. The highest BCUT2D eigenvalue weighted by atomic mass is 16.7. The smallest absolute Gasteiger partial charge is 0.306 e. The molecular formula is C64H123NO8. The molecule has 0 bridgehead atoms. The number of nitrogens with zero attached hydrogens (tertiary/aromatic N) is 1. The van der Waals surface area contributed by atoms with Crippen molar-refractivity contribution in [3.8, 4) is 0 Å². The highest BCUT2D eigenvalue weighted by molar-refractivity contribution is 5.70. The molecule has 73 heavy (non-hydrogen) atoms. The number of rotatable bonds is 60. The third-order valence-electron chi connectivity index (χ3n) is 14.5. The number of likely N-dealkylation sites (N-methyl/N-ethyl adjacent to an activating group) is 1. The Morgan fingerprint density at radius 2 is 0.699 bits per heavy atom. The number of carbonyl (C=O) groups excluding carboxylic acids is 3. The molecule has 0 aliphatic rings. The average Bonchev–Trinajstić information content (AvgIpc) is 3.36. The molecule has 0 saturated heterocycles. The van der Waals surface area contributed by atoms with Crippen molar-refractivity contribution in [2.75, 3.05) is 47.5 Å². The average molecular weight is 1030 g/mol. The fraction of sp³-hybridized carbons (Fsp3) is 0.922. The summed E-state index contributed by atoms with van der Waals surface area (Å²) in [6.07, 6.45) is 62.7. The summed E-state index contributed by atoms with van der Waals surface area (Å²) in [6.45, 7) is 4.82. The predicted octanol–water partition coefficient (Wildman–Crippen LogP) is 17.6. The Bertz CT molecular complexity index is 1200. The van der Waals surface area contributed by atoms with Crippen LogP contribution >= 0.6 is 0 Å². The van der Waals surface area contributed by atoms with E-state index in [4.69, 9.17) is 18.9 Å². The minimum Gasteiger partial charge on any atom is -0.545 e. The van der Waals surface area contributed by atoms with Gasteiger partial charge in [-0.25, -0.2) is 0 Å². The third-order valence-corrected chi connectivity index (χ3v) is 14.5. The van der Waals surface area contributed by atoms with Crippen LogP contribution in [-0.4, -0.2) is 82.3 Å². The SMILES string of the molecule is CCCCCCCCCC/C=C\CCCCCCCCCCCCCC(=O)OC(COC(=O)CCCCCCCCCCCCCCCCCCCCCCCCCCC)COC(OCC[N+](C)(C)C)C(=O)[O-]. The second kappa shape index (κ2) is 56.2. The van der Waals surface area contributed by atoms with E-state index in [0.717, 1.165) is 38.5 Å². The number of allylic oxidation sites excluding steroid dienone is 2. The van der Waals surface area contributed by atoms with Crippen molar-refractivity contribution in [2.24, 2.45) is 0 Å². The van der Waals surface area contributed by atoms with Gasteiger partial charge >= 0.3 is 11.9 Å². The molecule has 9 nitrogen and oxygen atoms in total. The Balaban J connectivity index is 4.14. The number of esters is 2. The molecule has 0 rings (SSSR count). The number of carboxylic acids is 1. The lowest BCUT2D eigenvalue weighted by Gasteiger charge is -2.26. The number of carboxylic acid groups (broad SMARTS) is 1. The number of hydrogen-bond donors (Lipinski definition) is 0. The van der Waals surface area contributed by atoms with Crippen molar-refractivity contribution in [3.63, 3.8) is 0 Å². The molecule has 0 saturated carbocycles. The second-order valence-corrected chi connectivity index (χ2v) is 23.1. The van der Waals surface area contributed by atoms with E-state index in [-0.39, 0.29) is 32.2 Å². The first kappa shape index (κ1) is 71.0. The lowest BCUT2D eigenvalue weighted by Crippen LogP contribution is -2.44. The molecule has 0 aromatic rings. The maximum Gasteiger partial charge on any atom is 0.306 e. The van der Waals surface area contributed by atoms with Crippen molar-refractivity contribution in [1.29, 1.82) is 0 Å². The summed E-state index contributed by atoms with van der Waals surface area (Å²) in [5.74, 6) is -2.26. The van der Waals surface area contributed by atoms with Gasteiger partial charge in [0.2, 0.25) is 0 Å². The summed E-state index contributed by atoms with van der Waals surface area (Å²) in [5, 5.41) is 11.8. The zero-order valence-corrected chi connectivity index (χ0v) is 49.3. The van der Waals surface area contributed by atoms with E-state index in [1.807, 2.05) is 21.1 Å². The number of quaternary nitrogens is 1. The van der Waals surface area contributed by atoms with E-state index in [9.17, 15) is 19.5 Å². The van der Waals surface area contributed by atoms with E-state index >= 15 is 0 Å². The van der Waals surface area contributed by atoms with Crippen LogP contribution in [0.15, 0.2) is 12.2 Å².